The van der Waals surface area contributed by atoms with Crippen LogP contribution in [0.4, 0.5) is 0 Å². The van der Waals surface area contributed by atoms with E-state index in [-0.39, 0.29) is 5.91 Å². The highest BCUT2D eigenvalue weighted by Gasteiger charge is 2.16. The fraction of sp³-hybridized carbons (Fsp3) is 0.533. The van der Waals surface area contributed by atoms with Crippen LogP contribution in [0, 0.1) is 0 Å². The van der Waals surface area contributed by atoms with Gasteiger partial charge in [0.05, 0.1) is 6.61 Å². The van der Waals surface area contributed by atoms with Crippen molar-refractivity contribution >= 4 is 21.8 Å². The maximum Gasteiger partial charge on any atom is 0.220 e. The minimum Gasteiger partial charge on any atom is -0.494 e. The Kier molecular flexibility index (Phi) is 5.70. The molecule has 1 fully saturated rings. The molecule has 1 N–H and O–H groups in total. The van der Waals surface area contributed by atoms with Gasteiger partial charge in [0, 0.05) is 16.9 Å². The van der Waals surface area contributed by atoms with Gasteiger partial charge in [0.15, 0.2) is 0 Å². The number of hydrogen-bond donors (Lipinski definition) is 1. The molecule has 0 saturated heterocycles. The number of carbonyl (C=O) groups excluding carboxylic acids is 1. The summed E-state index contributed by atoms with van der Waals surface area (Å²) in [5.74, 6) is 1.01. The Morgan fingerprint density at radius 2 is 1.95 bits per heavy atom. The number of nitrogens with one attached hydrogen (secondary N) is 1. The number of hydrogen-bond acceptors (Lipinski definition) is 2. The number of carbonyl (C=O) groups is 1. The summed E-state index contributed by atoms with van der Waals surface area (Å²) in [7, 11) is 0. The van der Waals surface area contributed by atoms with Crippen molar-refractivity contribution in [3.05, 3.63) is 28.7 Å². The summed E-state index contributed by atoms with van der Waals surface area (Å²) in [5, 5.41) is 3.08. The van der Waals surface area contributed by atoms with Gasteiger partial charge in [0.2, 0.25) is 5.91 Å². The van der Waals surface area contributed by atoms with Gasteiger partial charge < -0.3 is 10.1 Å². The van der Waals surface area contributed by atoms with E-state index in [9.17, 15) is 4.79 Å². The molecule has 19 heavy (non-hydrogen) atoms. The van der Waals surface area contributed by atoms with Crippen LogP contribution in [0.5, 0.6) is 5.75 Å². The highest BCUT2D eigenvalue weighted by molar-refractivity contribution is 9.10. The Morgan fingerprint density at radius 3 is 2.63 bits per heavy atom. The molecule has 1 aromatic carbocycles. The molecule has 1 amide bonds. The highest BCUT2D eigenvalue weighted by atomic mass is 79.9. The molecular formula is C15H20BrNO2. The summed E-state index contributed by atoms with van der Waals surface area (Å²) in [4.78, 5) is 11.7. The zero-order valence-electron chi connectivity index (χ0n) is 11.0. The number of halogens is 1. The first-order valence-electron chi connectivity index (χ1n) is 6.92. The SMILES string of the molecule is O=C(CCCOc1ccc(Br)cc1)NC1CCCC1. The maximum atomic E-state index is 11.7. The van der Waals surface area contributed by atoms with E-state index in [2.05, 4.69) is 21.2 Å². The van der Waals surface area contributed by atoms with Crippen LogP contribution in [0.3, 0.4) is 0 Å². The third-order valence-corrected chi connectivity index (χ3v) is 3.88. The number of rotatable bonds is 6. The van der Waals surface area contributed by atoms with Crippen LogP contribution in [0.15, 0.2) is 28.7 Å². The van der Waals surface area contributed by atoms with Crippen LogP contribution in [0.1, 0.15) is 38.5 Å². The number of ether oxygens (including phenoxy) is 1. The second kappa shape index (κ2) is 7.53. The molecule has 1 aliphatic rings. The molecule has 0 radical (unpaired) electrons. The Labute approximate surface area is 122 Å². The lowest BCUT2D eigenvalue weighted by Gasteiger charge is -2.12. The van der Waals surface area contributed by atoms with Crippen molar-refractivity contribution in [2.45, 2.75) is 44.6 Å². The molecule has 0 aliphatic heterocycles. The fourth-order valence-corrected chi connectivity index (χ4v) is 2.59. The molecule has 2 rings (SSSR count). The van der Waals surface area contributed by atoms with E-state index in [1.54, 1.807) is 0 Å². The van der Waals surface area contributed by atoms with Gasteiger partial charge in [-0.3, -0.25) is 4.79 Å². The predicted molar refractivity (Wildman–Crippen MR) is 79.3 cm³/mol. The van der Waals surface area contributed by atoms with Crippen molar-refractivity contribution in [1.29, 1.82) is 0 Å². The van der Waals surface area contributed by atoms with Crippen LogP contribution in [-0.2, 0) is 4.79 Å². The molecular weight excluding hydrogens is 306 g/mol. The first-order valence-corrected chi connectivity index (χ1v) is 7.71. The van der Waals surface area contributed by atoms with Crippen molar-refractivity contribution in [2.24, 2.45) is 0 Å². The van der Waals surface area contributed by atoms with Crippen molar-refractivity contribution in [3.63, 3.8) is 0 Å². The molecule has 0 atom stereocenters. The monoisotopic (exact) mass is 325 g/mol. The molecule has 1 aromatic rings. The maximum absolute atomic E-state index is 11.7. The van der Waals surface area contributed by atoms with Crippen LogP contribution in [0.2, 0.25) is 0 Å². The topological polar surface area (TPSA) is 38.3 Å². The van der Waals surface area contributed by atoms with E-state index in [4.69, 9.17) is 4.74 Å². The van der Waals surface area contributed by atoms with Gasteiger partial charge in [-0.2, -0.15) is 0 Å². The lowest BCUT2D eigenvalue weighted by molar-refractivity contribution is -0.122. The predicted octanol–water partition coefficient (Wildman–Crippen LogP) is 3.67. The average Bonchev–Trinajstić information content (AvgIpc) is 2.89. The Balaban J connectivity index is 1.58. The van der Waals surface area contributed by atoms with Crippen LogP contribution in [-0.4, -0.2) is 18.6 Å². The van der Waals surface area contributed by atoms with Crippen LogP contribution in [0.25, 0.3) is 0 Å². The molecule has 4 heteroatoms. The molecule has 0 aromatic heterocycles. The van der Waals surface area contributed by atoms with E-state index in [1.165, 1.54) is 12.8 Å². The van der Waals surface area contributed by atoms with Gasteiger partial charge >= 0.3 is 0 Å². The smallest absolute Gasteiger partial charge is 0.220 e. The van der Waals surface area contributed by atoms with Crippen molar-refractivity contribution in [1.82, 2.24) is 5.32 Å². The van der Waals surface area contributed by atoms with Gasteiger partial charge in [0.1, 0.15) is 5.75 Å². The van der Waals surface area contributed by atoms with Crippen LogP contribution < -0.4 is 10.1 Å². The summed E-state index contributed by atoms with van der Waals surface area (Å²) < 4.78 is 6.62. The van der Waals surface area contributed by atoms with E-state index in [1.807, 2.05) is 24.3 Å². The minimum absolute atomic E-state index is 0.159. The van der Waals surface area contributed by atoms with E-state index >= 15 is 0 Å². The van der Waals surface area contributed by atoms with Crippen molar-refractivity contribution in [2.75, 3.05) is 6.61 Å². The Morgan fingerprint density at radius 1 is 1.26 bits per heavy atom. The number of amides is 1. The molecule has 1 aliphatic carbocycles. The minimum atomic E-state index is 0.159. The van der Waals surface area contributed by atoms with E-state index in [0.717, 1.165) is 29.5 Å². The Hall–Kier alpha value is -1.03. The molecule has 0 heterocycles. The van der Waals surface area contributed by atoms with Gasteiger partial charge in [-0.15, -0.1) is 0 Å². The third-order valence-electron chi connectivity index (χ3n) is 3.35. The standard InChI is InChI=1S/C15H20BrNO2/c16-12-7-9-14(10-8-12)19-11-3-6-15(18)17-13-4-1-2-5-13/h7-10,13H,1-6,11H2,(H,17,18). The normalized spacial score (nSPS) is 15.4. The van der Waals surface area contributed by atoms with Crippen LogP contribution >= 0.6 is 15.9 Å². The van der Waals surface area contributed by atoms with E-state index in [0.29, 0.717) is 19.1 Å². The summed E-state index contributed by atoms with van der Waals surface area (Å²) in [6.45, 7) is 0.583. The molecule has 0 unspecified atom stereocenters. The second-order valence-electron chi connectivity index (χ2n) is 4.95. The molecule has 1 saturated carbocycles. The number of benzene rings is 1. The van der Waals surface area contributed by atoms with Gasteiger partial charge in [-0.1, -0.05) is 28.8 Å². The zero-order chi connectivity index (χ0) is 13.5. The summed E-state index contributed by atoms with van der Waals surface area (Å²) in [6.07, 6.45) is 6.08. The summed E-state index contributed by atoms with van der Waals surface area (Å²) >= 11 is 3.38. The van der Waals surface area contributed by atoms with Crippen molar-refractivity contribution in [3.8, 4) is 5.75 Å². The Bertz CT molecular complexity index is 399. The van der Waals surface area contributed by atoms with Gasteiger partial charge in [0.25, 0.3) is 0 Å². The second-order valence-corrected chi connectivity index (χ2v) is 5.87. The molecule has 0 spiro atoms. The third kappa shape index (κ3) is 5.23. The fourth-order valence-electron chi connectivity index (χ4n) is 2.32. The first kappa shape index (κ1) is 14.4. The first-order chi connectivity index (χ1) is 9.24. The van der Waals surface area contributed by atoms with E-state index < -0.39 is 0 Å². The summed E-state index contributed by atoms with van der Waals surface area (Å²) in [5.41, 5.74) is 0. The molecule has 3 nitrogen and oxygen atoms in total. The van der Waals surface area contributed by atoms with Gasteiger partial charge in [-0.05, 0) is 43.5 Å². The molecule has 0 bridgehead atoms. The summed E-state index contributed by atoms with van der Waals surface area (Å²) in [6, 6.07) is 8.15. The van der Waals surface area contributed by atoms with Gasteiger partial charge in [-0.25, -0.2) is 0 Å². The largest absolute Gasteiger partial charge is 0.494 e. The quantitative estimate of drug-likeness (QED) is 0.810. The lowest BCUT2D eigenvalue weighted by Crippen LogP contribution is -2.32. The molecule has 104 valence electrons. The van der Waals surface area contributed by atoms with Crippen molar-refractivity contribution < 1.29 is 9.53 Å². The lowest BCUT2D eigenvalue weighted by atomic mass is 10.2. The zero-order valence-corrected chi connectivity index (χ0v) is 12.6. The average molecular weight is 326 g/mol. The highest BCUT2D eigenvalue weighted by Crippen LogP contribution is 2.18.